The largest absolute Gasteiger partial charge is 0.322 e. The molecule has 5 nitrogen and oxygen atoms in total. The van der Waals surface area contributed by atoms with Crippen molar-refractivity contribution < 1.29 is 4.79 Å². The Kier molecular flexibility index (Phi) is 5.96. The van der Waals surface area contributed by atoms with Crippen molar-refractivity contribution in [3.05, 3.63) is 88.4 Å². The number of hydrogen-bond donors (Lipinski definition) is 1. The number of hydrogen-bond acceptors (Lipinski definition) is 3. The summed E-state index contributed by atoms with van der Waals surface area (Å²) in [7, 11) is 0. The molecular weight excluding hydrogens is 392 g/mol. The third-order valence-corrected chi connectivity index (χ3v) is 4.37. The lowest BCUT2D eigenvalue weighted by Crippen LogP contribution is -2.34. The van der Waals surface area contributed by atoms with E-state index in [0.29, 0.717) is 13.1 Å². The molecular formula is C20H19BrN4O. The highest BCUT2D eigenvalue weighted by molar-refractivity contribution is 9.10. The van der Waals surface area contributed by atoms with E-state index in [-0.39, 0.29) is 6.03 Å². The molecule has 132 valence electrons. The summed E-state index contributed by atoms with van der Waals surface area (Å²) in [6.45, 7) is 2.76. The molecule has 0 aliphatic rings. The van der Waals surface area contributed by atoms with Gasteiger partial charge in [-0.2, -0.15) is 0 Å². The van der Waals surface area contributed by atoms with E-state index >= 15 is 0 Å². The molecule has 26 heavy (non-hydrogen) atoms. The van der Waals surface area contributed by atoms with E-state index in [1.807, 2.05) is 61.5 Å². The van der Waals surface area contributed by atoms with Crippen LogP contribution in [-0.2, 0) is 13.1 Å². The SMILES string of the molecule is Cc1cc(Br)ccc1NC(=O)N(Cc1ccccn1)Cc1ccccn1. The molecule has 1 N–H and O–H groups in total. The number of carbonyl (C=O) groups is 1. The number of aryl methyl sites for hydroxylation is 1. The monoisotopic (exact) mass is 410 g/mol. The summed E-state index contributed by atoms with van der Waals surface area (Å²) in [5.74, 6) is 0. The van der Waals surface area contributed by atoms with Crippen LogP contribution in [0.15, 0.2) is 71.5 Å². The first-order valence-electron chi connectivity index (χ1n) is 8.24. The Labute approximate surface area is 161 Å². The second-order valence-electron chi connectivity index (χ2n) is 5.89. The Bertz CT molecular complexity index is 830. The third-order valence-electron chi connectivity index (χ3n) is 3.88. The molecule has 0 spiro atoms. The molecule has 0 radical (unpaired) electrons. The van der Waals surface area contributed by atoms with Crippen molar-refractivity contribution in [1.82, 2.24) is 14.9 Å². The van der Waals surface area contributed by atoms with E-state index in [1.165, 1.54) is 0 Å². The van der Waals surface area contributed by atoms with Crippen LogP contribution >= 0.6 is 15.9 Å². The van der Waals surface area contributed by atoms with Crippen LogP contribution in [0.25, 0.3) is 0 Å². The van der Waals surface area contributed by atoms with Crippen LogP contribution in [0.4, 0.5) is 10.5 Å². The van der Waals surface area contributed by atoms with Crippen molar-refractivity contribution in [1.29, 1.82) is 0 Å². The van der Waals surface area contributed by atoms with Gasteiger partial charge < -0.3 is 10.2 Å². The number of aromatic nitrogens is 2. The highest BCUT2D eigenvalue weighted by atomic mass is 79.9. The number of halogens is 1. The topological polar surface area (TPSA) is 58.1 Å². The predicted octanol–water partition coefficient (Wildman–Crippen LogP) is 4.78. The smallest absolute Gasteiger partial charge is 0.313 e. The normalized spacial score (nSPS) is 10.4. The first-order valence-corrected chi connectivity index (χ1v) is 9.03. The van der Waals surface area contributed by atoms with Crippen molar-refractivity contribution in [2.45, 2.75) is 20.0 Å². The van der Waals surface area contributed by atoms with Crippen molar-refractivity contribution in [2.75, 3.05) is 5.32 Å². The molecule has 3 aromatic rings. The van der Waals surface area contributed by atoms with Crippen LogP contribution in [0.2, 0.25) is 0 Å². The maximum Gasteiger partial charge on any atom is 0.322 e. The number of nitrogens with zero attached hydrogens (tertiary/aromatic N) is 3. The summed E-state index contributed by atoms with van der Waals surface area (Å²) in [6.07, 6.45) is 3.45. The fraction of sp³-hybridized carbons (Fsp3) is 0.150. The number of nitrogens with one attached hydrogen (secondary N) is 1. The minimum Gasteiger partial charge on any atom is -0.313 e. The molecule has 0 aliphatic carbocycles. The van der Waals surface area contributed by atoms with Crippen LogP contribution in [0.3, 0.4) is 0 Å². The van der Waals surface area contributed by atoms with Gasteiger partial charge in [-0.25, -0.2) is 4.79 Å². The predicted molar refractivity (Wildman–Crippen MR) is 106 cm³/mol. The quantitative estimate of drug-likeness (QED) is 0.657. The molecule has 2 heterocycles. The zero-order chi connectivity index (χ0) is 18.4. The summed E-state index contributed by atoms with van der Waals surface area (Å²) in [5, 5.41) is 2.99. The van der Waals surface area contributed by atoms with Gasteiger partial charge in [0.1, 0.15) is 0 Å². The Morgan fingerprint density at radius 1 is 1.00 bits per heavy atom. The van der Waals surface area contributed by atoms with Gasteiger partial charge in [-0.3, -0.25) is 9.97 Å². The molecule has 0 atom stereocenters. The molecule has 2 aromatic heterocycles. The molecule has 6 heteroatoms. The molecule has 0 bridgehead atoms. The molecule has 0 saturated heterocycles. The Hall–Kier alpha value is -2.73. The molecule has 0 fully saturated rings. The van der Waals surface area contributed by atoms with Crippen molar-refractivity contribution in [3.8, 4) is 0 Å². The summed E-state index contributed by atoms with van der Waals surface area (Å²) in [5.41, 5.74) is 3.42. The van der Waals surface area contributed by atoms with E-state index in [1.54, 1.807) is 17.3 Å². The fourth-order valence-electron chi connectivity index (χ4n) is 2.54. The third kappa shape index (κ3) is 4.89. The van der Waals surface area contributed by atoms with Gasteiger partial charge in [-0.05, 0) is 55.0 Å². The van der Waals surface area contributed by atoms with Gasteiger partial charge in [0.05, 0.1) is 24.5 Å². The van der Waals surface area contributed by atoms with Crippen LogP contribution in [0.1, 0.15) is 17.0 Å². The molecule has 1 aromatic carbocycles. The van der Waals surface area contributed by atoms with Crippen molar-refractivity contribution in [3.63, 3.8) is 0 Å². The van der Waals surface area contributed by atoms with E-state index in [9.17, 15) is 4.79 Å². The molecule has 2 amide bonds. The number of pyridine rings is 2. The maximum absolute atomic E-state index is 12.9. The molecule has 0 saturated carbocycles. The fourth-order valence-corrected chi connectivity index (χ4v) is 3.01. The van der Waals surface area contributed by atoms with E-state index in [4.69, 9.17) is 0 Å². The van der Waals surface area contributed by atoms with Crippen molar-refractivity contribution in [2.24, 2.45) is 0 Å². The highest BCUT2D eigenvalue weighted by Crippen LogP contribution is 2.21. The van der Waals surface area contributed by atoms with Crippen LogP contribution < -0.4 is 5.32 Å². The summed E-state index contributed by atoms with van der Waals surface area (Å²) in [4.78, 5) is 23.3. The number of amides is 2. The number of anilines is 1. The zero-order valence-corrected chi connectivity index (χ0v) is 16.0. The number of rotatable bonds is 5. The first kappa shape index (κ1) is 18.1. The second kappa shape index (κ2) is 8.58. The van der Waals surface area contributed by atoms with E-state index < -0.39 is 0 Å². The van der Waals surface area contributed by atoms with Gasteiger partial charge in [0.2, 0.25) is 0 Å². The van der Waals surface area contributed by atoms with Gasteiger partial charge >= 0.3 is 6.03 Å². The van der Waals surface area contributed by atoms with Crippen molar-refractivity contribution >= 4 is 27.6 Å². The lowest BCUT2D eigenvalue weighted by atomic mass is 10.2. The Morgan fingerprint density at radius 2 is 1.62 bits per heavy atom. The summed E-state index contributed by atoms with van der Waals surface area (Å²) in [6, 6.07) is 16.9. The average Bonchev–Trinajstić information content (AvgIpc) is 2.65. The molecule has 0 unspecified atom stereocenters. The van der Waals surface area contributed by atoms with E-state index in [0.717, 1.165) is 27.1 Å². The Morgan fingerprint density at radius 3 is 2.12 bits per heavy atom. The van der Waals surface area contributed by atoms with Crippen LogP contribution in [0.5, 0.6) is 0 Å². The first-order chi connectivity index (χ1) is 12.6. The number of carbonyl (C=O) groups excluding carboxylic acids is 1. The minimum atomic E-state index is -0.188. The minimum absolute atomic E-state index is 0.188. The summed E-state index contributed by atoms with van der Waals surface area (Å²) >= 11 is 3.44. The van der Waals surface area contributed by atoms with Gasteiger partial charge in [0.15, 0.2) is 0 Å². The highest BCUT2D eigenvalue weighted by Gasteiger charge is 2.17. The van der Waals surface area contributed by atoms with Gasteiger partial charge in [0, 0.05) is 22.6 Å². The summed E-state index contributed by atoms with van der Waals surface area (Å²) < 4.78 is 0.979. The van der Waals surface area contributed by atoms with E-state index in [2.05, 4.69) is 31.2 Å². The standard InChI is InChI=1S/C20H19BrN4O/c1-15-12-16(21)8-9-19(15)24-20(26)25(13-17-6-2-4-10-22-17)14-18-7-3-5-11-23-18/h2-12H,13-14H2,1H3,(H,24,26). The van der Waals surface area contributed by atoms with Crippen LogP contribution in [0, 0.1) is 6.92 Å². The Balaban J connectivity index is 1.80. The van der Waals surface area contributed by atoms with Gasteiger partial charge in [-0.15, -0.1) is 0 Å². The molecule has 3 rings (SSSR count). The second-order valence-corrected chi connectivity index (χ2v) is 6.80. The number of benzene rings is 1. The lowest BCUT2D eigenvalue weighted by molar-refractivity contribution is 0.205. The average molecular weight is 411 g/mol. The molecule has 0 aliphatic heterocycles. The lowest BCUT2D eigenvalue weighted by Gasteiger charge is -2.23. The number of urea groups is 1. The van der Waals surface area contributed by atoms with Gasteiger partial charge in [0.25, 0.3) is 0 Å². The van der Waals surface area contributed by atoms with Crippen LogP contribution in [-0.4, -0.2) is 20.9 Å². The van der Waals surface area contributed by atoms with Gasteiger partial charge in [-0.1, -0.05) is 28.1 Å². The zero-order valence-electron chi connectivity index (χ0n) is 14.4. The maximum atomic E-state index is 12.9.